The molecule has 0 amide bonds. The fraction of sp³-hybridized carbons (Fsp3) is 0.562. The van der Waals surface area contributed by atoms with Crippen LogP contribution in [0.2, 0.25) is 0 Å². The quantitative estimate of drug-likeness (QED) is 0.852. The average molecular weight is 294 g/mol. The Morgan fingerprint density at radius 2 is 1.95 bits per heavy atom. The zero-order valence-electron chi connectivity index (χ0n) is 12.4. The number of hydrogen-bond donors (Lipinski definition) is 1. The Morgan fingerprint density at radius 3 is 2.45 bits per heavy atom. The van der Waals surface area contributed by atoms with Crippen molar-refractivity contribution in [3.63, 3.8) is 0 Å². The van der Waals surface area contributed by atoms with E-state index in [4.69, 9.17) is 4.74 Å². The maximum atomic E-state index is 12.0. The first-order chi connectivity index (χ1) is 9.55. The smallest absolute Gasteiger partial charge is 0.314 e. The molecule has 1 aliphatic carbocycles. The number of carbonyl (C=O) groups is 1. The van der Waals surface area contributed by atoms with Gasteiger partial charge in [0.05, 0.1) is 12.5 Å². The largest absolute Gasteiger partial charge is 0.496 e. The number of carboxylic acid groups (broad SMARTS) is 1. The Kier molecular flexibility index (Phi) is 4.63. The highest BCUT2D eigenvalue weighted by Gasteiger charge is 2.43. The van der Waals surface area contributed by atoms with Crippen LogP contribution in [-0.4, -0.2) is 24.4 Å². The maximum absolute atomic E-state index is 12.0. The Morgan fingerprint density at radius 1 is 1.30 bits per heavy atom. The van der Waals surface area contributed by atoms with Crippen LogP contribution in [0.25, 0.3) is 0 Å². The molecule has 3 nitrogen and oxygen atoms in total. The van der Waals surface area contributed by atoms with Gasteiger partial charge in [-0.15, -0.1) is 11.8 Å². The van der Waals surface area contributed by atoms with E-state index in [-0.39, 0.29) is 0 Å². The van der Waals surface area contributed by atoms with Crippen molar-refractivity contribution in [3.05, 3.63) is 23.3 Å². The lowest BCUT2D eigenvalue weighted by molar-refractivity contribution is -0.145. The third-order valence-electron chi connectivity index (χ3n) is 4.35. The molecule has 1 aliphatic rings. The van der Waals surface area contributed by atoms with Crippen LogP contribution in [0.15, 0.2) is 17.0 Å². The lowest BCUT2D eigenvalue weighted by Gasteiger charge is -2.35. The third kappa shape index (κ3) is 2.53. The minimum Gasteiger partial charge on any atom is -0.496 e. The SMILES string of the molecule is COc1cc(C2(C(=O)O)CCCCC2)c(SC)cc1C. The lowest BCUT2D eigenvalue weighted by Crippen LogP contribution is -2.38. The predicted octanol–water partition coefficient (Wildman–Crippen LogP) is 4.01. The van der Waals surface area contributed by atoms with Crippen molar-refractivity contribution in [3.8, 4) is 5.75 Å². The van der Waals surface area contributed by atoms with Crippen molar-refractivity contribution in [2.45, 2.75) is 49.3 Å². The summed E-state index contributed by atoms with van der Waals surface area (Å²) in [6, 6.07) is 4.00. The molecule has 2 rings (SSSR count). The number of aryl methyl sites for hydroxylation is 1. The van der Waals surface area contributed by atoms with E-state index in [0.29, 0.717) is 0 Å². The van der Waals surface area contributed by atoms with E-state index in [9.17, 15) is 9.90 Å². The van der Waals surface area contributed by atoms with E-state index in [1.807, 2.05) is 19.2 Å². The summed E-state index contributed by atoms with van der Waals surface area (Å²) in [5.41, 5.74) is 1.24. The highest BCUT2D eigenvalue weighted by atomic mass is 32.2. The van der Waals surface area contributed by atoms with Gasteiger partial charge < -0.3 is 9.84 Å². The molecule has 0 heterocycles. The van der Waals surface area contributed by atoms with Crippen molar-refractivity contribution in [1.29, 1.82) is 0 Å². The Labute approximate surface area is 124 Å². The van der Waals surface area contributed by atoms with Gasteiger partial charge in [0.25, 0.3) is 0 Å². The molecular formula is C16H22O3S. The molecule has 0 radical (unpaired) electrons. The second-order valence-corrected chi connectivity index (χ2v) is 6.32. The van der Waals surface area contributed by atoms with E-state index in [0.717, 1.165) is 53.9 Å². The fourth-order valence-corrected chi connectivity index (χ4v) is 3.95. The summed E-state index contributed by atoms with van der Waals surface area (Å²) in [7, 11) is 1.64. The first-order valence-electron chi connectivity index (χ1n) is 7.01. The van der Waals surface area contributed by atoms with Crippen LogP contribution in [0.1, 0.15) is 43.2 Å². The zero-order chi connectivity index (χ0) is 14.8. The molecule has 1 aromatic rings. The molecule has 0 aliphatic heterocycles. The van der Waals surface area contributed by atoms with Crippen LogP contribution in [0.3, 0.4) is 0 Å². The summed E-state index contributed by atoms with van der Waals surface area (Å²) in [5, 5.41) is 9.84. The molecule has 1 aromatic carbocycles. The highest BCUT2D eigenvalue weighted by Crippen LogP contribution is 2.45. The lowest BCUT2D eigenvalue weighted by atomic mass is 9.69. The van der Waals surface area contributed by atoms with Gasteiger partial charge in [-0.1, -0.05) is 19.3 Å². The minimum absolute atomic E-state index is 0.696. The maximum Gasteiger partial charge on any atom is 0.314 e. The third-order valence-corrected chi connectivity index (χ3v) is 5.13. The summed E-state index contributed by atoms with van der Waals surface area (Å²) in [5.74, 6) is 0.0856. The minimum atomic E-state index is -0.739. The number of methoxy groups -OCH3 is 1. The van der Waals surface area contributed by atoms with Crippen molar-refractivity contribution in [1.82, 2.24) is 0 Å². The van der Waals surface area contributed by atoms with Crippen LogP contribution < -0.4 is 4.74 Å². The summed E-state index contributed by atoms with van der Waals surface area (Å²) in [6.45, 7) is 2.00. The molecule has 1 fully saturated rings. The average Bonchev–Trinajstić information content (AvgIpc) is 2.47. The number of hydrogen-bond acceptors (Lipinski definition) is 3. The molecule has 4 heteroatoms. The molecule has 0 bridgehead atoms. The molecule has 110 valence electrons. The van der Waals surface area contributed by atoms with E-state index < -0.39 is 11.4 Å². The molecule has 1 saturated carbocycles. The summed E-state index contributed by atoms with van der Waals surface area (Å²) >= 11 is 1.62. The first-order valence-corrected chi connectivity index (χ1v) is 8.24. The predicted molar refractivity (Wildman–Crippen MR) is 81.9 cm³/mol. The van der Waals surface area contributed by atoms with Gasteiger partial charge in [0, 0.05) is 4.90 Å². The second-order valence-electron chi connectivity index (χ2n) is 5.47. The Balaban J connectivity index is 2.60. The monoisotopic (exact) mass is 294 g/mol. The Hall–Kier alpha value is -1.16. The number of thioether (sulfide) groups is 1. The van der Waals surface area contributed by atoms with Crippen LogP contribution in [-0.2, 0) is 10.2 Å². The molecule has 0 aromatic heterocycles. The van der Waals surface area contributed by atoms with Gasteiger partial charge in [-0.05, 0) is 49.3 Å². The van der Waals surface area contributed by atoms with Crippen molar-refractivity contribution >= 4 is 17.7 Å². The number of carboxylic acids is 1. The van der Waals surface area contributed by atoms with Gasteiger partial charge in [0.2, 0.25) is 0 Å². The van der Waals surface area contributed by atoms with Crippen LogP contribution in [0, 0.1) is 6.92 Å². The van der Waals surface area contributed by atoms with E-state index >= 15 is 0 Å². The van der Waals surface area contributed by atoms with Crippen LogP contribution in [0.4, 0.5) is 0 Å². The summed E-state index contributed by atoms with van der Waals surface area (Å²) < 4.78 is 5.40. The molecule has 1 N–H and O–H groups in total. The zero-order valence-corrected chi connectivity index (χ0v) is 13.2. The number of aliphatic carboxylic acids is 1. The molecule has 0 saturated heterocycles. The van der Waals surface area contributed by atoms with Crippen molar-refractivity contribution in [2.24, 2.45) is 0 Å². The number of benzene rings is 1. The van der Waals surface area contributed by atoms with Crippen LogP contribution in [0.5, 0.6) is 5.75 Å². The summed E-state index contributed by atoms with van der Waals surface area (Å²) in [6.07, 6.45) is 6.55. The molecular weight excluding hydrogens is 272 g/mol. The van der Waals surface area contributed by atoms with Gasteiger partial charge in [-0.25, -0.2) is 0 Å². The molecule has 0 atom stereocenters. The van der Waals surface area contributed by atoms with Crippen molar-refractivity contribution in [2.75, 3.05) is 13.4 Å². The van der Waals surface area contributed by atoms with Crippen molar-refractivity contribution < 1.29 is 14.6 Å². The number of rotatable bonds is 4. The van der Waals surface area contributed by atoms with Crippen LogP contribution >= 0.6 is 11.8 Å². The second kappa shape index (κ2) is 6.08. The van der Waals surface area contributed by atoms with E-state index in [1.54, 1.807) is 18.9 Å². The van der Waals surface area contributed by atoms with Gasteiger partial charge in [-0.3, -0.25) is 4.79 Å². The van der Waals surface area contributed by atoms with E-state index in [1.165, 1.54) is 0 Å². The highest BCUT2D eigenvalue weighted by molar-refractivity contribution is 7.98. The van der Waals surface area contributed by atoms with Gasteiger partial charge in [-0.2, -0.15) is 0 Å². The summed E-state index contributed by atoms with van der Waals surface area (Å²) in [4.78, 5) is 13.0. The normalized spacial score (nSPS) is 17.8. The molecule has 0 spiro atoms. The van der Waals surface area contributed by atoms with Gasteiger partial charge >= 0.3 is 5.97 Å². The standard InChI is InChI=1S/C16H22O3S/c1-11-9-14(20-3)12(10-13(11)19-2)16(15(17)18)7-5-4-6-8-16/h9-10H,4-8H2,1-3H3,(H,17,18). The van der Waals surface area contributed by atoms with Gasteiger partial charge in [0.15, 0.2) is 0 Å². The van der Waals surface area contributed by atoms with Gasteiger partial charge in [0.1, 0.15) is 5.75 Å². The topological polar surface area (TPSA) is 46.5 Å². The molecule has 0 unspecified atom stereocenters. The first kappa shape index (κ1) is 15.2. The number of ether oxygens (including phenoxy) is 1. The Bertz CT molecular complexity index is 505. The van der Waals surface area contributed by atoms with E-state index in [2.05, 4.69) is 6.07 Å². The fourth-order valence-electron chi connectivity index (χ4n) is 3.18. The molecule has 20 heavy (non-hydrogen) atoms.